The Hall–Kier alpha value is -1.52. The van der Waals surface area contributed by atoms with Crippen molar-refractivity contribution >= 4 is 12.2 Å². The summed E-state index contributed by atoms with van der Waals surface area (Å²) in [6, 6.07) is 0. The highest BCUT2D eigenvalue weighted by Gasteiger charge is 2.35. The fourth-order valence-corrected chi connectivity index (χ4v) is 0.846. The third-order valence-corrected chi connectivity index (χ3v) is 1.43. The SMILES string of the molecule is C=Cc1nc(C(F)(F)F)[nH]c1C=C. The fourth-order valence-electron chi connectivity index (χ4n) is 0.846. The van der Waals surface area contributed by atoms with Gasteiger partial charge in [-0.1, -0.05) is 13.2 Å². The molecule has 0 aliphatic rings. The van der Waals surface area contributed by atoms with Gasteiger partial charge in [-0.3, -0.25) is 0 Å². The van der Waals surface area contributed by atoms with Gasteiger partial charge in [-0.2, -0.15) is 13.2 Å². The minimum absolute atomic E-state index is 0.155. The molecule has 2 nitrogen and oxygen atoms in total. The maximum Gasteiger partial charge on any atom is 0.449 e. The first-order chi connectivity index (χ1) is 5.99. The molecule has 13 heavy (non-hydrogen) atoms. The smallest absolute Gasteiger partial charge is 0.334 e. The summed E-state index contributed by atoms with van der Waals surface area (Å²) >= 11 is 0. The number of hydrogen-bond donors (Lipinski definition) is 1. The summed E-state index contributed by atoms with van der Waals surface area (Å²) in [5.74, 6) is -1.03. The number of halogens is 3. The van der Waals surface area contributed by atoms with Gasteiger partial charge in [0.2, 0.25) is 5.82 Å². The summed E-state index contributed by atoms with van der Waals surface area (Å²) in [6.45, 7) is 6.69. The first-order valence-electron chi connectivity index (χ1n) is 3.41. The molecular formula is C8H7F3N2. The van der Waals surface area contributed by atoms with Crippen LogP contribution in [0.3, 0.4) is 0 Å². The van der Waals surface area contributed by atoms with E-state index in [1.54, 1.807) is 0 Å². The van der Waals surface area contributed by atoms with Gasteiger partial charge >= 0.3 is 6.18 Å². The normalized spacial score (nSPS) is 11.3. The second-order valence-corrected chi connectivity index (χ2v) is 2.29. The van der Waals surface area contributed by atoms with Gasteiger partial charge in [0, 0.05) is 0 Å². The number of imidazole rings is 1. The lowest BCUT2D eigenvalue weighted by Gasteiger charge is -1.99. The number of alkyl halides is 3. The van der Waals surface area contributed by atoms with Crippen molar-refractivity contribution < 1.29 is 13.2 Å². The van der Waals surface area contributed by atoms with Crippen LogP contribution < -0.4 is 0 Å². The van der Waals surface area contributed by atoms with Crippen molar-refractivity contribution in [2.45, 2.75) is 6.18 Å². The van der Waals surface area contributed by atoms with Crippen molar-refractivity contribution in [2.75, 3.05) is 0 Å². The molecule has 0 saturated heterocycles. The van der Waals surface area contributed by atoms with Crippen molar-refractivity contribution in [2.24, 2.45) is 0 Å². The zero-order valence-electron chi connectivity index (χ0n) is 6.65. The first kappa shape index (κ1) is 9.57. The van der Waals surface area contributed by atoms with E-state index in [1.165, 1.54) is 12.2 Å². The highest BCUT2D eigenvalue weighted by Crippen LogP contribution is 2.27. The van der Waals surface area contributed by atoms with E-state index in [0.29, 0.717) is 0 Å². The maximum absolute atomic E-state index is 12.1. The van der Waals surface area contributed by atoms with Gasteiger partial charge in [-0.25, -0.2) is 4.98 Å². The van der Waals surface area contributed by atoms with Gasteiger partial charge in [0.25, 0.3) is 0 Å². The topological polar surface area (TPSA) is 28.7 Å². The number of nitrogens with zero attached hydrogens (tertiary/aromatic N) is 1. The molecule has 0 aromatic carbocycles. The zero-order chi connectivity index (χ0) is 10.1. The van der Waals surface area contributed by atoms with E-state index in [4.69, 9.17) is 0 Å². The van der Waals surface area contributed by atoms with Gasteiger partial charge in [0.05, 0.1) is 11.4 Å². The van der Waals surface area contributed by atoms with Crippen LogP contribution in [0.5, 0.6) is 0 Å². The van der Waals surface area contributed by atoms with Crippen LogP contribution in [0.1, 0.15) is 17.2 Å². The Bertz CT molecular complexity index is 310. The number of aromatic nitrogens is 2. The first-order valence-corrected chi connectivity index (χ1v) is 3.41. The molecule has 0 spiro atoms. The van der Waals surface area contributed by atoms with E-state index < -0.39 is 12.0 Å². The third-order valence-electron chi connectivity index (χ3n) is 1.43. The molecule has 1 aromatic heterocycles. The van der Waals surface area contributed by atoms with Gasteiger partial charge in [-0.05, 0) is 12.2 Å². The summed E-state index contributed by atoms with van der Waals surface area (Å²) in [5, 5.41) is 0. The molecule has 1 N–H and O–H groups in total. The van der Waals surface area contributed by atoms with Crippen molar-refractivity contribution in [3.8, 4) is 0 Å². The van der Waals surface area contributed by atoms with Crippen LogP contribution in [-0.4, -0.2) is 9.97 Å². The average Bonchev–Trinajstić information content (AvgIpc) is 2.45. The van der Waals surface area contributed by atoms with Crippen molar-refractivity contribution in [1.82, 2.24) is 9.97 Å². The highest BCUT2D eigenvalue weighted by atomic mass is 19.4. The quantitative estimate of drug-likeness (QED) is 0.759. The zero-order valence-corrected chi connectivity index (χ0v) is 6.65. The van der Waals surface area contributed by atoms with Crippen LogP contribution in [0.2, 0.25) is 0 Å². The molecule has 1 heterocycles. The minimum atomic E-state index is -4.46. The third kappa shape index (κ3) is 1.80. The second-order valence-electron chi connectivity index (χ2n) is 2.29. The molecule has 0 bridgehead atoms. The molecule has 1 aromatic rings. The number of aromatic amines is 1. The Kier molecular flexibility index (Phi) is 2.27. The van der Waals surface area contributed by atoms with E-state index >= 15 is 0 Å². The number of H-pyrrole nitrogens is 1. The predicted molar refractivity (Wildman–Crippen MR) is 43.8 cm³/mol. The second kappa shape index (κ2) is 3.08. The Morgan fingerprint density at radius 2 is 1.85 bits per heavy atom. The van der Waals surface area contributed by atoms with Gasteiger partial charge < -0.3 is 4.98 Å². The van der Waals surface area contributed by atoms with Gasteiger partial charge in [0.15, 0.2) is 0 Å². The minimum Gasteiger partial charge on any atom is -0.334 e. The van der Waals surface area contributed by atoms with Crippen molar-refractivity contribution in [1.29, 1.82) is 0 Å². The fraction of sp³-hybridized carbons (Fsp3) is 0.125. The van der Waals surface area contributed by atoms with E-state index in [0.717, 1.165) is 0 Å². The van der Waals surface area contributed by atoms with Crippen LogP contribution in [0.4, 0.5) is 13.2 Å². The largest absolute Gasteiger partial charge is 0.449 e. The summed E-state index contributed by atoms with van der Waals surface area (Å²) in [6.07, 6.45) is -1.96. The van der Waals surface area contributed by atoms with E-state index in [9.17, 15) is 13.2 Å². The number of nitrogens with one attached hydrogen (secondary N) is 1. The van der Waals surface area contributed by atoms with Crippen LogP contribution in [0.15, 0.2) is 13.2 Å². The molecule has 0 radical (unpaired) electrons. The lowest BCUT2D eigenvalue weighted by Crippen LogP contribution is -2.07. The number of hydrogen-bond acceptors (Lipinski definition) is 1. The average molecular weight is 188 g/mol. The molecule has 0 amide bonds. The molecule has 0 aliphatic carbocycles. The molecule has 0 unspecified atom stereocenters. The number of rotatable bonds is 2. The predicted octanol–water partition coefficient (Wildman–Crippen LogP) is 2.71. The molecule has 0 fully saturated rings. The van der Waals surface area contributed by atoms with Crippen LogP contribution in [0.25, 0.3) is 12.2 Å². The van der Waals surface area contributed by atoms with Crippen LogP contribution >= 0.6 is 0 Å². The Labute approximate surface area is 72.8 Å². The Balaban J connectivity index is 3.21. The van der Waals surface area contributed by atoms with E-state index in [1.807, 2.05) is 0 Å². The van der Waals surface area contributed by atoms with Gasteiger partial charge in [0.1, 0.15) is 0 Å². The van der Waals surface area contributed by atoms with E-state index in [2.05, 4.69) is 23.1 Å². The standard InChI is InChI=1S/C8H7F3N2/c1-3-5-6(4-2)13-7(12-5)8(9,10)11/h3-4H,1-2H2,(H,12,13). The highest BCUT2D eigenvalue weighted by molar-refractivity contribution is 5.57. The summed E-state index contributed by atoms with van der Waals surface area (Å²) < 4.78 is 36.3. The Morgan fingerprint density at radius 3 is 2.15 bits per heavy atom. The summed E-state index contributed by atoms with van der Waals surface area (Å²) in [5.41, 5.74) is 0.379. The monoisotopic (exact) mass is 188 g/mol. The van der Waals surface area contributed by atoms with Crippen molar-refractivity contribution in [3.05, 3.63) is 30.4 Å². The summed E-state index contributed by atoms with van der Waals surface area (Å²) in [4.78, 5) is 5.40. The molecule has 5 heteroatoms. The maximum atomic E-state index is 12.1. The molecule has 70 valence electrons. The molecule has 1 rings (SSSR count). The molecule has 0 aliphatic heterocycles. The van der Waals surface area contributed by atoms with Crippen molar-refractivity contribution in [3.63, 3.8) is 0 Å². The van der Waals surface area contributed by atoms with Crippen LogP contribution in [0, 0.1) is 0 Å². The lowest BCUT2D eigenvalue weighted by molar-refractivity contribution is -0.144. The Morgan fingerprint density at radius 1 is 1.23 bits per heavy atom. The van der Waals surface area contributed by atoms with Gasteiger partial charge in [-0.15, -0.1) is 0 Å². The molecular weight excluding hydrogens is 181 g/mol. The lowest BCUT2D eigenvalue weighted by atomic mass is 10.3. The summed E-state index contributed by atoms with van der Waals surface area (Å²) in [7, 11) is 0. The van der Waals surface area contributed by atoms with E-state index in [-0.39, 0.29) is 11.4 Å². The van der Waals surface area contributed by atoms with Crippen LogP contribution in [-0.2, 0) is 6.18 Å². The molecule has 0 atom stereocenters. The molecule has 0 saturated carbocycles.